The van der Waals surface area contributed by atoms with Gasteiger partial charge in [0, 0.05) is 0 Å². The lowest BCUT2D eigenvalue weighted by Crippen LogP contribution is -2.25. The van der Waals surface area contributed by atoms with Crippen LogP contribution < -0.4 is 0 Å². The van der Waals surface area contributed by atoms with E-state index in [0.29, 0.717) is 12.8 Å². The maximum Gasteiger partial charge on any atom is 0.523 e. The summed E-state index contributed by atoms with van der Waals surface area (Å²) >= 11 is 0. The molecule has 0 unspecified atom stereocenters. The first kappa shape index (κ1) is 24.9. The number of allylic oxidation sites excluding steroid dienone is 6. The molecule has 0 saturated carbocycles. The van der Waals surface area contributed by atoms with E-state index in [1.807, 2.05) is 0 Å². The summed E-state index contributed by atoms with van der Waals surface area (Å²) in [6.07, 6.45) is 21.9. The van der Waals surface area contributed by atoms with Gasteiger partial charge in [0.1, 0.15) is 0 Å². The molecule has 0 N–H and O–H groups in total. The van der Waals surface area contributed by atoms with Crippen LogP contribution in [0.25, 0.3) is 0 Å². The third kappa shape index (κ3) is 14.1. The molecule has 0 saturated heterocycles. The van der Waals surface area contributed by atoms with Crippen LogP contribution in [0.2, 0.25) is 0 Å². The van der Waals surface area contributed by atoms with Gasteiger partial charge in [0.25, 0.3) is 0 Å². The highest BCUT2D eigenvalue weighted by atomic mass is 32.2. The van der Waals surface area contributed by atoms with Crippen LogP contribution >= 0.6 is 0 Å². The molecule has 0 aromatic carbocycles. The molecule has 0 bridgehead atoms. The van der Waals surface area contributed by atoms with E-state index in [4.69, 9.17) is 0 Å². The van der Waals surface area contributed by atoms with Crippen LogP contribution in [0.3, 0.4) is 0 Å². The maximum absolute atomic E-state index is 12.0. The van der Waals surface area contributed by atoms with Crippen LogP contribution in [-0.2, 0) is 14.3 Å². The average molecular weight is 397 g/mol. The summed E-state index contributed by atoms with van der Waals surface area (Å²) in [6, 6.07) is 0. The lowest BCUT2D eigenvalue weighted by molar-refractivity contribution is -0.0542. The Morgan fingerprint density at radius 1 is 0.769 bits per heavy atom. The van der Waals surface area contributed by atoms with Crippen LogP contribution in [0, 0.1) is 0 Å². The van der Waals surface area contributed by atoms with Gasteiger partial charge in [-0.2, -0.15) is 21.6 Å². The number of hydrogen-bond donors (Lipinski definition) is 0. The quantitative estimate of drug-likeness (QED) is 0.138. The number of unbranched alkanes of at least 4 members (excludes halogenated alkanes) is 6. The van der Waals surface area contributed by atoms with Crippen LogP contribution in [-0.4, -0.2) is 20.5 Å². The third-order valence-corrected chi connectivity index (χ3v) is 4.61. The van der Waals surface area contributed by atoms with Crippen molar-refractivity contribution in [3.63, 3.8) is 0 Å². The Morgan fingerprint density at radius 3 is 1.85 bits per heavy atom. The Hall–Kier alpha value is -1.08. The van der Waals surface area contributed by atoms with Gasteiger partial charge in [0.15, 0.2) is 0 Å². The van der Waals surface area contributed by atoms with Crippen molar-refractivity contribution in [1.29, 1.82) is 0 Å². The third-order valence-electron chi connectivity index (χ3n) is 3.57. The first-order valence-corrected chi connectivity index (χ1v) is 10.6. The summed E-state index contributed by atoms with van der Waals surface area (Å²) in [5, 5.41) is 0. The zero-order valence-corrected chi connectivity index (χ0v) is 16.3. The van der Waals surface area contributed by atoms with E-state index < -0.39 is 22.2 Å². The second-order valence-electron chi connectivity index (χ2n) is 5.93. The van der Waals surface area contributed by atoms with Crippen molar-refractivity contribution in [1.82, 2.24) is 0 Å². The molecule has 0 fully saturated rings. The van der Waals surface area contributed by atoms with Crippen molar-refractivity contribution in [2.24, 2.45) is 0 Å². The van der Waals surface area contributed by atoms with Crippen molar-refractivity contribution in [2.45, 2.75) is 76.6 Å². The van der Waals surface area contributed by atoms with E-state index in [1.165, 1.54) is 0 Å². The molecule has 0 amide bonds. The van der Waals surface area contributed by atoms with Gasteiger partial charge in [-0.1, -0.05) is 69.1 Å². The standard InChI is InChI=1S/C19H31F3O3S/c1-2-3-4-5-6-7-8-9-10-11-12-13-14-15-16-17-18-25-26(23,24)19(20,21)22/h3-4,6-7,9-10H,2,5,8,11-18H2,1H3/b4-3-,7-6-,10-9-. The van der Waals surface area contributed by atoms with E-state index in [1.54, 1.807) is 0 Å². The Labute approximate surface area is 156 Å². The summed E-state index contributed by atoms with van der Waals surface area (Å²) < 4.78 is 61.3. The minimum atomic E-state index is -5.43. The molecular weight excluding hydrogens is 365 g/mol. The van der Waals surface area contributed by atoms with E-state index in [0.717, 1.165) is 51.4 Å². The van der Waals surface area contributed by atoms with E-state index in [-0.39, 0.29) is 0 Å². The summed E-state index contributed by atoms with van der Waals surface area (Å²) in [6.45, 7) is 1.70. The monoisotopic (exact) mass is 396 g/mol. The Kier molecular flexibility index (Phi) is 14.4. The summed E-state index contributed by atoms with van der Waals surface area (Å²) in [7, 11) is -5.43. The molecule has 26 heavy (non-hydrogen) atoms. The molecule has 0 aromatic rings. The zero-order valence-electron chi connectivity index (χ0n) is 15.5. The molecule has 0 spiro atoms. The largest absolute Gasteiger partial charge is 0.523 e. The van der Waals surface area contributed by atoms with Gasteiger partial charge in [0.05, 0.1) is 6.61 Å². The smallest absolute Gasteiger partial charge is 0.263 e. The summed E-state index contributed by atoms with van der Waals surface area (Å²) in [5.41, 5.74) is -5.33. The molecule has 0 rings (SSSR count). The van der Waals surface area contributed by atoms with Gasteiger partial charge >= 0.3 is 15.6 Å². The number of hydrogen-bond acceptors (Lipinski definition) is 3. The van der Waals surface area contributed by atoms with Crippen molar-refractivity contribution < 1.29 is 25.8 Å². The van der Waals surface area contributed by atoms with Crippen molar-refractivity contribution >= 4 is 10.1 Å². The molecule has 152 valence electrons. The Bertz CT molecular complexity index is 521. The second-order valence-corrected chi connectivity index (χ2v) is 7.53. The number of halogens is 3. The predicted octanol–water partition coefficient (Wildman–Crippen LogP) is 6.44. The lowest BCUT2D eigenvalue weighted by atomic mass is 10.1. The minimum Gasteiger partial charge on any atom is -0.263 e. The lowest BCUT2D eigenvalue weighted by Gasteiger charge is -2.07. The number of alkyl halides is 3. The van der Waals surface area contributed by atoms with Crippen LogP contribution in [0.15, 0.2) is 36.5 Å². The molecule has 0 aromatic heterocycles. The molecule has 7 heteroatoms. The van der Waals surface area contributed by atoms with Crippen molar-refractivity contribution in [3.05, 3.63) is 36.5 Å². The molecule has 0 aliphatic rings. The maximum atomic E-state index is 12.0. The molecule has 3 nitrogen and oxygen atoms in total. The molecular formula is C19H31F3O3S. The first-order valence-electron chi connectivity index (χ1n) is 9.22. The SMILES string of the molecule is CC/C=C\C/C=C\C/C=C\CCCCCCCCOS(=O)(=O)C(F)(F)F. The summed E-state index contributed by atoms with van der Waals surface area (Å²) in [4.78, 5) is 0. The van der Waals surface area contributed by atoms with Gasteiger partial charge in [-0.05, 0) is 38.5 Å². The van der Waals surface area contributed by atoms with Crippen LogP contribution in [0.5, 0.6) is 0 Å². The molecule has 0 aliphatic heterocycles. The highest BCUT2D eigenvalue weighted by Gasteiger charge is 2.47. The number of rotatable bonds is 15. The van der Waals surface area contributed by atoms with Gasteiger partial charge < -0.3 is 0 Å². The van der Waals surface area contributed by atoms with Crippen LogP contribution in [0.4, 0.5) is 13.2 Å². The Morgan fingerprint density at radius 2 is 1.27 bits per heavy atom. The minimum absolute atomic E-state index is 0.314. The zero-order chi connectivity index (χ0) is 19.7. The molecule has 0 radical (unpaired) electrons. The second kappa shape index (κ2) is 15.0. The van der Waals surface area contributed by atoms with Gasteiger partial charge in [-0.15, -0.1) is 0 Å². The predicted molar refractivity (Wildman–Crippen MR) is 100 cm³/mol. The fourth-order valence-corrected chi connectivity index (χ4v) is 2.60. The van der Waals surface area contributed by atoms with Gasteiger partial charge in [-0.25, -0.2) is 0 Å². The molecule has 0 atom stereocenters. The van der Waals surface area contributed by atoms with E-state index in [2.05, 4.69) is 47.6 Å². The van der Waals surface area contributed by atoms with E-state index >= 15 is 0 Å². The normalized spacial score (nSPS) is 13.5. The highest BCUT2D eigenvalue weighted by Crippen LogP contribution is 2.24. The van der Waals surface area contributed by atoms with Gasteiger partial charge in [0.2, 0.25) is 0 Å². The fraction of sp³-hybridized carbons (Fsp3) is 0.684. The van der Waals surface area contributed by atoms with E-state index in [9.17, 15) is 21.6 Å². The molecule has 0 aliphatic carbocycles. The first-order chi connectivity index (χ1) is 12.3. The fourth-order valence-electron chi connectivity index (χ4n) is 2.13. The summed E-state index contributed by atoms with van der Waals surface area (Å²) in [5.74, 6) is 0. The van der Waals surface area contributed by atoms with Crippen molar-refractivity contribution in [2.75, 3.05) is 6.61 Å². The van der Waals surface area contributed by atoms with Gasteiger partial charge in [-0.3, -0.25) is 4.18 Å². The van der Waals surface area contributed by atoms with Crippen LogP contribution in [0.1, 0.15) is 71.1 Å². The average Bonchev–Trinajstić information content (AvgIpc) is 2.56. The Balaban J connectivity index is 3.44. The highest BCUT2D eigenvalue weighted by molar-refractivity contribution is 7.87. The molecule has 0 heterocycles. The van der Waals surface area contributed by atoms with Crippen molar-refractivity contribution in [3.8, 4) is 0 Å². The topological polar surface area (TPSA) is 43.4 Å².